The second kappa shape index (κ2) is 8.27. The van der Waals surface area contributed by atoms with Gasteiger partial charge in [0.05, 0.1) is 12.5 Å². The van der Waals surface area contributed by atoms with E-state index in [1.165, 1.54) is 6.08 Å². The highest BCUT2D eigenvalue weighted by Crippen LogP contribution is 2.36. The average Bonchev–Trinajstić information content (AvgIpc) is 2.85. The fraction of sp³-hybridized carbons (Fsp3) is 0.450. The molecule has 0 spiro atoms. The average molecular weight is 360 g/mol. The summed E-state index contributed by atoms with van der Waals surface area (Å²) in [6.45, 7) is 8.60. The number of ketones is 1. The fourth-order valence-electron chi connectivity index (χ4n) is 3.04. The van der Waals surface area contributed by atoms with Crippen LogP contribution in [0.1, 0.15) is 33.6 Å². The lowest BCUT2D eigenvalue weighted by Gasteiger charge is -2.27. The maximum Gasteiger partial charge on any atom is 0.334 e. The van der Waals surface area contributed by atoms with Crippen molar-refractivity contribution in [2.75, 3.05) is 6.61 Å². The molecule has 0 amide bonds. The molecule has 1 N–H and O–H groups in total. The first kappa shape index (κ1) is 19.8. The molecule has 26 heavy (non-hydrogen) atoms. The summed E-state index contributed by atoms with van der Waals surface area (Å²) in [6, 6.07) is 0. The number of fused-ring (bicyclic) bond motifs is 1. The number of esters is 2. The maximum absolute atomic E-state index is 12.3. The second-order valence-corrected chi connectivity index (χ2v) is 6.67. The van der Waals surface area contributed by atoms with Gasteiger partial charge in [0, 0.05) is 24.0 Å². The van der Waals surface area contributed by atoms with Gasteiger partial charge in [-0.3, -0.25) is 4.79 Å². The number of Topliss-reactive ketones (excluding diaryl/α,β-unsaturated/α-hetero) is 1. The Morgan fingerprint density at radius 1 is 1.42 bits per heavy atom. The summed E-state index contributed by atoms with van der Waals surface area (Å²) in [5, 5.41) is 8.95. The zero-order chi connectivity index (χ0) is 19.4. The van der Waals surface area contributed by atoms with Crippen LogP contribution in [0, 0.1) is 5.92 Å². The van der Waals surface area contributed by atoms with Crippen LogP contribution in [0.2, 0.25) is 0 Å². The number of ether oxygens (including phenoxy) is 2. The molecule has 0 saturated carbocycles. The van der Waals surface area contributed by atoms with Gasteiger partial charge in [0.1, 0.15) is 12.2 Å². The summed E-state index contributed by atoms with van der Waals surface area (Å²) in [6.07, 6.45) is 4.00. The molecule has 1 aliphatic carbocycles. The van der Waals surface area contributed by atoms with E-state index in [9.17, 15) is 14.4 Å². The van der Waals surface area contributed by atoms with Gasteiger partial charge in [-0.05, 0) is 38.5 Å². The van der Waals surface area contributed by atoms with Crippen molar-refractivity contribution in [1.29, 1.82) is 0 Å². The third-order valence-electron chi connectivity index (χ3n) is 4.65. The molecule has 1 heterocycles. The van der Waals surface area contributed by atoms with Crippen molar-refractivity contribution in [3.05, 3.63) is 47.1 Å². The molecule has 6 heteroatoms. The van der Waals surface area contributed by atoms with E-state index in [1.54, 1.807) is 26.0 Å². The number of rotatable bonds is 3. The molecule has 1 aliphatic heterocycles. The van der Waals surface area contributed by atoms with Crippen LogP contribution in [0.5, 0.6) is 0 Å². The first-order valence-electron chi connectivity index (χ1n) is 8.50. The Hall–Kier alpha value is -2.47. The third-order valence-corrected chi connectivity index (χ3v) is 4.65. The molecule has 0 radical (unpaired) electrons. The third kappa shape index (κ3) is 4.38. The largest absolute Gasteiger partial charge is 0.458 e. The number of aliphatic hydroxyl groups is 1. The van der Waals surface area contributed by atoms with Crippen molar-refractivity contribution in [3.63, 3.8) is 0 Å². The van der Waals surface area contributed by atoms with Gasteiger partial charge in [0.2, 0.25) is 0 Å². The number of aliphatic hydroxyl groups excluding tert-OH is 1. The van der Waals surface area contributed by atoms with Crippen LogP contribution in [-0.2, 0) is 23.9 Å². The summed E-state index contributed by atoms with van der Waals surface area (Å²) in [5.41, 5.74) is 1.87. The zero-order valence-electron chi connectivity index (χ0n) is 15.3. The van der Waals surface area contributed by atoms with E-state index in [4.69, 9.17) is 14.6 Å². The summed E-state index contributed by atoms with van der Waals surface area (Å²) >= 11 is 0. The molecule has 1 saturated heterocycles. The van der Waals surface area contributed by atoms with Gasteiger partial charge in [-0.15, -0.1) is 0 Å². The van der Waals surface area contributed by atoms with Gasteiger partial charge >= 0.3 is 11.9 Å². The molecule has 0 unspecified atom stereocenters. The zero-order valence-corrected chi connectivity index (χ0v) is 15.3. The molecular weight excluding hydrogens is 336 g/mol. The molecule has 0 bridgehead atoms. The smallest absolute Gasteiger partial charge is 0.334 e. The number of carbonyl (C=O) groups excluding carboxylic acids is 3. The highest BCUT2D eigenvalue weighted by molar-refractivity contribution is 5.96. The lowest BCUT2D eigenvalue weighted by atomic mass is 9.85. The number of carbonyl (C=O) groups is 3. The van der Waals surface area contributed by atoms with E-state index >= 15 is 0 Å². The SMILES string of the molecule is C=C1C(=O)O[C@H]2/C=C(/C)C(=O)C/C=C(\C)C[C@@H](OC(=O)/C(C)=C/CO)[C@@H]12. The van der Waals surface area contributed by atoms with Crippen molar-refractivity contribution in [3.8, 4) is 0 Å². The normalized spacial score (nSPS) is 31.3. The predicted molar refractivity (Wildman–Crippen MR) is 95.0 cm³/mol. The number of hydrogen-bond donors (Lipinski definition) is 1. The van der Waals surface area contributed by atoms with E-state index in [2.05, 4.69) is 6.58 Å². The first-order valence-corrected chi connectivity index (χ1v) is 8.50. The molecule has 0 aromatic rings. The lowest BCUT2D eigenvalue weighted by molar-refractivity contribution is -0.147. The summed E-state index contributed by atoms with van der Waals surface area (Å²) in [7, 11) is 0. The van der Waals surface area contributed by atoms with Crippen LogP contribution in [0.3, 0.4) is 0 Å². The molecule has 2 aliphatic rings. The van der Waals surface area contributed by atoms with E-state index in [0.717, 1.165) is 5.57 Å². The minimum Gasteiger partial charge on any atom is -0.458 e. The van der Waals surface area contributed by atoms with E-state index in [0.29, 0.717) is 12.0 Å². The van der Waals surface area contributed by atoms with Crippen LogP contribution in [0.4, 0.5) is 0 Å². The second-order valence-electron chi connectivity index (χ2n) is 6.67. The Bertz CT molecular complexity index is 725. The number of hydrogen-bond acceptors (Lipinski definition) is 6. The molecule has 0 aromatic heterocycles. The fourth-order valence-corrected chi connectivity index (χ4v) is 3.04. The molecule has 6 nitrogen and oxygen atoms in total. The van der Waals surface area contributed by atoms with Crippen LogP contribution < -0.4 is 0 Å². The van der Waals surface area contributed by atoms with E-state index in [1.807, 2.05) is 6.92 Å². The van der Waals surface area contributed by atoms with Gasteiger partial charge < -0.3 is 14.6 Å². The molecule has 0 aromatic carbocycles. The Labute approximate surface area is 152 Å². The van der Waals surface area contributed by atoms with Gasteiger partial charge in [-0.25, -0.2) is 9.59 Å². The molecular formula is C20H24O6. The van der Waals surface area contributed by atoms with Crippen molar-refractivity contribution in [1.82, 2.24) is 0 Å². The topological polar surface area (TPSA) is 89.9 Å². The molecule has 2 rings (SSSR count). The molecule has 1 fully saturated rings. The van der Waals surface area contributed by atoms with Gasteiger partial charge in [0.15, 0.2) is 5.78 Å². The quantitative estimate of drug-likeness (QED) is 0.471. The van der Waals surface area contributed by atoms with Gasteiger partial charge in [-0.1, -0.05) is 18.2 Å². The highest BCUT2D eigenvalue weighted by Gasteiger charge is 2.44. The Morgan fingerprint density at radius 3 is 2.77 bits per heavy atom. The first-order chi connectivity index (χ1) is 12.2. The number of allylic oxidation sites excluding steroid dienone is 2. The van der Waals surface area contributed by atoms with Crippen molar-refractivity contribution >= 4 is 17.7 Å². The van der Waals surface area contributed by atoms with Crippen molar-refractivity contribution in [2.24, 2.45) is 5.92 Å². The standard InChI is InChI=1S/C20H24O6/c1-11-5-6-15(22)13(3)10-17-18(14(4)20(24)26-17)16(9-11)25-19(23)12(2)7-8-21/h5,7,10,16-18,21H,4,6,8-9H2,1-3H3/b11-5+,12-7+,13-10-/t16-,17+,18-/m1/s1. The summed E-state index contributed by atoms with van der Waals surface area (Å²) in [5.74, 6) is -1.75. The summed E-state index contributed by atoms with van der Waals surface area (Å²) in [4.78, 5) is 36.5. The monoisotopic (exact) mass is 360 g/mol. The Balaban J connectivity index is 2.41. The molecule has 3 atom stereocenters. The molecule has 140 valence electrons. The van der Waals surface area contributed by atoms with Crippen molar-refractivity contribution < 1.29 is 29.0 Å². The Morgan fingerprint density at radius 2 is 2.12 bits per heavy atom. The van der Waals surface area contributed by atoms with Gasteiger partial charge in [-0.2, -0.15) is 0 Å². The van der Waals surface area contributed by atoms with E-state index < -0.39 is 30.1 Å². The van der Waals surface area contributed by atoms with Crippen LogP contribution in [0.15, 0.2) is 47.1 Å². The summed E-state index contributed by atoms with van der Waals surface area (Å²) < 4.78 is 11.0. The van der Waals surface area contributed by atoms with Crippen LogP contribution in [0.25, 0.3) is 0 Å². The van der Waals surface area contributed by atoms with Gasteiger partial charge in [0.25, 0.3) is 0 Å². The van der Waals surface area contributed by atoms with Crippen LogP contribution >= 0.6 is 0 Å². The van der Waals surface area contributed by atoms with Crippen molar-refractivity contribution in [2.45, 2.75) is 45.8 Å². The van der Waals surface area contributed by atoms with Crippen LogP contribution in [-0.4, -0.2) is 41.6 Å². The minimum atomic E-state index is -0.704. The minimum absolute atomic E-state index is 0.0474. The predicted octanol–water partition coefficient (Wildman–Crippen LogP) is 2.19. The maximum atomic E-state index is 12.3. The lowest BCUT2D eigenvalue weighted by Crippen LogP contribution is -2.34. The van der Waals surface area contributed by atoms with E-state index in [-0.39, 0.29) is 30.0 Å². The highest BCUT2D eigenvalue weighted by atomic mass is 16.6. The Kier molecular flexibility index (Phi) is 6.32.